The highest BCUT2D eigenvalue weighted by molar-refractivity contribution is 5.94. The Kier molecular flexibility index (Phi) is 5.28. The molecule has 1 fully saturated rings. The molecule has 9 nitrogen and oxygen atoms in total. The Hall–Kier alpha value is -3.62. The van der Waals surface area contributed by atoms with Gasteiger partial charge in [-0.15, -0.1) is 0 Å². The Balaban J connectivity index is 1.38. The summed E-state index contributed by atoms with van der Waals surface area (Å²) in [5.41, 5.74) is 0.719. The predicted molar refractivity (Wildman–Crippen MR) is 98.8 cm³/mol. The van der Waals surface area contributed by atoms with Gasteiger partial charge in [0.25, 0.3) is 11.8 Å². The summed E-state index contributed by atoms with van der Waals surface area (Å²) in [5, 5.41) is 3.90. The Bertz CT molecular complexity index is 997. The number of furan rings is 1. The number of hydrogen-bond acceptors (Lipinski definition) is 8. The first kappa shape index (κ1) is 18.7. The van der Waals surface area contributed by atoms with Crippen molar-refractivity contribution < 1.29 is 28.0 Å². The van der Waals surface area contributed by atoms with Crippen molar-refractivity contribution >= 4 is 11.9 Å². The van der Waals surface area contributed by atoms with Crippen molar-refractivity contribution in [2.75, 3.05) is 13.7 Å². The summed E-state index contributed by atoms with van der Waals surface area (Å²) in [6.45, 7) is 0.301. The summed E-state index contributed by atoms with van der Waals surface area (Å²) in [5.74, 6) is 0.562. The van der Waals surface area contributed by atoms with Crippen LogP contribution in [0.15, 0.2) is 51.6 Å². The van der Waals surface area contributed by atoms with Crippen LogP contribution < -0.4 is 4.74 Å². The van der Waals surface area contributed by atoms with Gasteiger partial charge in [0, 0.05) is 12.1 Å². The third kappa shape index (κ3) is 3.98. The molecule has 3 heterocycles. The number of rotatable bonds is 6. The molecule has 150 valence electrons. The Morgan fingerprint density at radius 2 is 2.17 bits per heavy atom. The van der Waals surface area contributed by atoms with E-state index in [1.165, 1.54) is 11.2 Å². The topological polar surface area (TPSA) is 108 Å². The Morgan fingerprint density at radius 3 is 2.97 bits per heavy atom. The molecule has 1 atom stereocenters. The van der Waals surface area contributed by atoms with Gasteiger partial charge < -0.3 is 23.3 Å². The number of ether oxygens (including phenoxy) is 2. The van der Waals surface area contributed by atoms with Crippen LogP contribution in [-0.2, 0) is 16.1 Å². The molecule has 1 aliphatic rings. The SMILES string of the molecule is COc1cccc(-c2noc(COC(=O)[C@@H]3CCCN3C(=O)c3ccco3)n2)c1. The van der Waals surface area contributed by atoms with Gasteiger partial charge in [-0.2, -0.15) is 4.98 Å². The van der Waals surface area contributed by atoms with E-state index >= 15 is 0 Å². The summed E-state index contributed by atoms with van der Waals surface area (Å²) in [6.07, 6.45) is 2.67. The van der Waals surface area contributed by atoms with E-state index in [-0.39, 0.29) is 24.2 Å². The molecule has 1 aromatic carbocycles. The van der Waals surface area contributed by atoms with Gasteiger partial charge in [-0.3, -0.25) is 4.79 Å². The van der Waals surface area contributed by atoms with Crippen LogP contribution >= 0.6 is 0 Å². The number of hydrogen-bond donors (Lipinski definition) is 0. The number of carbonyl (C=O) groups is 2. The van der Waals surface area contributed by atoms with E-state index in [1.807, 2.05) is 18.2 Å². The van der Waals surface area contributed by atoms with Crippen LogP contribution in [0.3, 0.4) is 0 Å². The number of likely N-dealkylation sites (tertiary alicyclic amines) is 1. The Labute approximate surface area is 166 Å². The number of benzene rings is 1. The first-order chi connectivity index (χ1) is 14.2. The normalized spacial score (nSPS) is 16.0. The van der Waals surface area contributed by atoms with Crippen molar-refractivity contribution in [1.82, 2.24) is 15.0 Å². The lowest BCUT2D eigenvalue weighted by molar-refractivity contribution is -0.150. The van der Waals surface area contributed by atoms with E-state index in [9.17, 15) is 9.59 Å². The van der Waals surface area contributed by atoms with Gasteiger partial charge in [-0.05, 0) is 37.1 Å². The number of aromatic nitrogens is 2. The van der Waals surface area contributed by atoms with Crippen molar-refractivity contribution in [1.29, 1.82) is 0 Å². The first-order valence-corrected chi connectivity index (χ1v) is 9.14. The molecule has 0 unspecified atom stereocenters. The molecule has 0 spiro atoms. The minimum atomic E-state index is -0.659. The molecule has 4 rings (SSSR count). The Morgan fingerprint density at radius 1 is 1.28 bits per heavy atom. The van der Waals surface area contributed by atoms with E-state index in [1.54, 1.807) is 25.3 Å². The van der Waals surface area contributed by atoms with Crippen LogP contribution in [0.2, 0.25) is 0 Å². The average Bonchev–Trinajstić information content (AvgIpc) is 3.52. The average molecular weight is 397 g/mol. The fourth-order valence-corrected chi connectivity index (χ4v) is 3.22. The fourth-order valence-electron chi connectivity index (χ4n) is 3.22. The third-order valence-corrected chi connectivity index (χ3v) is 4.65. The minimum Gasteiger partial charge on any atom is -0.497 e. The molecule has 0 radical (unpaired) electrons. The second-order valence-electron chi connectivity index (χ2n) is 6.49. The van der Waals surface area contributed by atoms with Gasteiger partial charge in [0.1, 0.15) is 11.8 Å². The van der Waals surface area contributed by atoms with Crippen LogP contribution in [0.25, 0.3) is 11.4 Å². The number of esters is 1. The summed E-state index contributed by atoms with van der Waals surface area (Å²) in [7, 11) is 1.57. The lowest BCUT2D eigenvalue weighted by Crippen LogP contribution is -2.41. The monoisotopic (exact) mass is 397 g/mol. The van der Waals surface area contributed by atoms with E-state index in [0.717, 1.165) is 5.56 Å². The van der Waals surface area contributed by atoms with Crippen molar-refractivity contribution in [3.8, 4) is 17.1 Å². The van der Waals surface area contributed by atoms with E-state index in [4.69, 9.17) is 18.4 Å². The maximum Gasteiger partial charge on any atom is 0.329 e. The zero-order valence-corrected chi connectivity index (χ0v) is 15.7. The molecular formula is C20H19N3O6. The zero-order chi connectivity index (χ0) is 20.2. The smallest absolute Gasteiger partial charge is 0.329 e. The van der Waals surface area contributed by atoms with Gasteiger partial charge in [0.15, 0.2) is 12.4 Å². The summed E-state index contributed by atoms with van der Waals surface area (Å²) in [6, 6.07) is 9.76. The molecule has 1 saturated heterocycles. The first-order valence-electron chi connectivity index (χ1n) is 9.14. The summed E-state index contributed by atoms with van der Waals surface area (Å²) >= 11 is 0. The van der Waals surface area contributed by atoms with Gasteiger partial charge in [-0.25, -0.2) is 4.79 Å². The summed E-state index contributed by atoms with van der Waals surface area (Å²) in [4.78, 5) is 30.7. The minimum absolute atomic E-state index is 0.165. The lowest BCUT2D eigenvalue weighted by atomic mass is 10.2. The fraction of sp³-hybridized carbons (Fsp3) is 0.300. The van der Waals surface area contributed by atoms with Gasteiger partial charge in [0.05, 0.1) is 13.4 Å². The number of methoxy groups -OCH3 is 1. The zero-order valence-electron chi connectivity index (χ0n) is 15.7. The van der Waals surface area contributed by atoms with Crippen molar-refractivity contribution in [2.24, 2.45) is 0 Å². The highest BCUT2D eigenvalue weighted by atomic mass is 16.6. The largest absolute Gasteiger partial charge is 0.497 e. The summed E-state index contributed by atoms with van der Waals surface area (Å²) < 4.78 is 20.8. The number of nitrogens with zero attached hydrogens (tertiary/aromatic N) is 3. The standard InChI is InChI=1S/C20H19N3O6/c1-26-14-6-2-5-13(11-14)18-21-17(29-22-18)12-28-20(25)15-7-3-9-23(15)19(24)16-8-4-10-27-16/h2,4-6,8,10-11,15H,3,7,9,12H2,1H3/t15-/m0/s1. The molecule has 1 amide bonds. The maximum atomic E-state index is 12.5. The quantitative estimate of drug-likeness (QED) is 0.584. The maximum absolute atomic E-state index is 12.5. The number of amides is 1. The van der Waals surface area contributed by atoms with Crippen molar-refractivity contribution in [3.05, 3.63) is 54.3 Å². The highest BCUT2D eigenvalue weighted by Crippen LogP contribution is 2.23. The van der Waals surface area contributed by atoms with Gasteiger partial charge in [0.2, 0.25) is 5.82 Å². The lowest BCUT2D eigenvalue weighted by Gasteiger charge is -2.21. The van der Waals surface area contributed by atoms with Crippen LogP contribution in [0, 0.1) is 0 Å². The van der Waals surface area contributed by atoms with Crippen LogP contribution in [0.1, 0.15) is 29.3 Å². The van der Waals surface area contributed by atoms with Gasteiger partial charge in [-0.1, -0.05) is 17.3 Å². The van der Waals surface area contributed by atoms with Crippen molar-refractivity contribution in [3.63, 3.8) is 0 Å². The van der Waals surface area contributed by atoms with E-state index < -0.39 is 12.0 Å². The van der Waals surface area contributed by atoms with E-state index in [2.05, 4.69) is 10.1 Å². The molecule has 0 bridgehead atoms. The number of carbonyl (C=O) groups excluding carboxylic acids is 2. The molecule has 0 N–H and O–H groups in total. The molecule has 0 aliphatic carbocycles. The highest BCUT2D eigenvalue weighted by Gasteiger charge is 2.36. The molecular weight excluding hydrogens is 378 g/mol. The molecule has 29 heavy (non-hydrogen) atoms. The molecule has 9 heteroatoms. The molecule has 2 aromatic heterocycles. The molecule has 1 aliphatic heterocycles. The van der Waals surface area contributed by atoms with E-state index in [0.29, 0.717) is 31.0 Å². The van der Waals surface area contributed by atoms with Crippen LogP contribution in [0.5, 0.6) is 5.75 Å². The second kappa shape index (κ2) is 8.17. The predicted octanol–water partition coefficient (Wildman–Crippen LogP) is 2.69. The molecule has 0 saturated carbocycles. The van der Waals surface area contributed by atoms with Crippen LogP contribution in [-0.4, -0.2) is 46.6 Å². The van der Waals surface area contributed by atoms with Crippen LogP contribution in [0.4, 0.5) is 0 Å². The second-order valence-corrected chi connectivity index (χ2v) is 6.49. The van der Waals surface area contributed by atoms with Crippen molar-refractivity contribution in [2.45, 2.75) is 25.5 Å². The molecule has 3 aromatic rings. The third-order valence-electron chi connectivity index (χ3n) is 4.65. The van der Waals surface area contributed by atoms with Gasteiger partial charge >= 0.3 is 5.97 Å².